The second kappa shape index (κ2) is 7.65. The van der Waals surface area contributed by atoms with E-state index < -0.39 is 42.2 Å². The van der Waals surface area contributed by atoms with Gasteiger partial charge in [0.25, 0.3) is 11.7 Å². The number of alkyl halides is 6. The number of phenols is 1. The van der Waals surface area contributed by atoms with E-state index in [0.29, 0.717) is 5.69 Å². The van der Waals surface area contributed by atoms with Crippen molar-refractivity contribution in [3.63, 3.8) is 0 Å². The normalized spacial score (nSPS) is 12.1. The van der Waals surface area contributed by atoms with Crippen LogP contribution in [0.4, 0.5) is 32.0 Å². The Hall–Kier alpha value is -3.64. The van der Waals surface area contributed by atoms with Gasteiger partial charge in [-0.2, -0.15) is 31.3 Å². The van der Waals surface area contributed by atoms with Crippen LogP contribution >= 0.6 is 0 Å². The number of halogens is 6. The summed E-state index contributed by atoms with van der Waals surface area (Å²) >= 11 is 0. The molecule has 0 radical (unpaired) electrons. The van der Waals surface area contributed by atoms with E-state index in [9.17, 15) is 36.2 Å². The van der Waals surface area contributed by atoms with Crippen LogP contribution in [0.3, 0.4) is 0 Å². The van der Waals surface area contributed by atoms with Crippen molar-refractivity contribution in [2.24, 2.45) is 0 Å². The van der Waals surface area contributed by atoms with Gasteiger partial charge in [-0.15, -0.1) is 5.10 Å². The summed E-state index contributed by atoms with van der Waals surface area (Å²) in [5.41, 5.74) is 0.0110. The van der Waals surface area contributed by atoms with Crippen molar-refractivity contribution in [3.05, 3.63) is 65.5 Å². The summed E-state index contributed by atoms with van der Waals surface area (Å²) in [5, 5.41) is 15.3. The van der Waals surface area contributed by atoms with Gasteiger partial charge in [0.05, 0.1) is 18.4 Å². The average molecular weight is 431 g/mol. The summed E-state index contributed by atoms with van der Waals surface area (Å²) in [6.45, 7) is -0.905. The topological polar surface area (TPSA) is 92.9 Å². The number of benzene rings is 1. The molecule has 2 N–H and O–H groups in total. The highest BCUT2D eigenvalue weighted by Crippen LogP contribution is 2.33. The van der Waals surface area contributed by atoms with Gasteiger partial charge in [-0.3, -0.25) is 9.78 Å². The first-order valence-corrected chi connectivity index (χ1v) is 8.07. The summed E-state index contributed by atoms with van der Waals surface area (Å²) in [6, 6.07) is 6.35. The molecule has 3 aromatic rings. The molecule has 2 heterocycles. The van der Waals surface area contributed by atoms with Crippen LogP contribution in [-0.2, 0) is 18.9 Å². The molecule has 0 unspecified atom stereocenters. The molecule has 2 aromatic heterocycles. The fraction of sp³-hybridized carbons (Fsp3) is 0.176. The minimum atomic E-state index is -5.22. The Labute approximate surface area is 164 Å². The number of amides is 1. The van der Waals surface area contributed by atoms with Crippen molar-refractivity contribution in [2.45, 2.75) is 18.9 Å². The largest absolute Gasteiger partial charge is 0.508 e. The Kier molecular flexibility index (Phi) is 5.37. The monoisotopic (exact) mass is 431 g/mol. The number of phenolic OH excluding ortho intramolecular Hbond substituents is 1. The first-order chi connectivity index (χ1) is 13.9. The number of hydrogen-bond donors (Lipinski definition) is 2. The van der Waals surface area contributed by atoms with Gasteiger partial charge in [0.15, 0.2) is 0 Å². The molecule has 0 fully saturated rings. The fourth-order valence-electron chi connectivity index (χ4n) is 2.44. The Bertz CT molecular complexity index is 1060. The third kappa shape index (κ3) is 4.67. The Morgan fingerprint density at radius 1 is 1.10 bits per heavy atom. The number of carbonyl (C=O) groups excluding carboxylic acids is 1. The van der Waals surface area contributed by atoms with Crippen molar-refractivity contribution >= 4 is 11.6 Å². The number of pyridine rings is 1. The Morgan fingerprint density at radius 2 is 1.83 bits per heavy atom. The van der Waals surface area contributed by atoms with Gasteiger partial charge in [-0.05, 0) is 30.3 Å². The lowest BCUT2D eigenvalue weighted by Gasteiger charge is -2.11. The lowest BCUT2D eigenvalue weighted by molar-refractivity contribution is -0.150. The molecule has 0 atom stereocenters. The van der Waals surface area contributed by atoms with Gasteiger partial charge in [0, 0.05) is 17.3 Å². The minimum absolute atomic E-state index is 0.0271. The summed E-state index contributed by atoms with van der Waals surface area (Å²) < 4.78 is 77.5. The zero-order chi connectivity index (χ0) is 22.1. The molecule has 0 aliphatic carbocycles. The van der Waals surface area contributed by atoms with Crippen LogP contribution in [0.5, 0.6) is 5.75 Å². The summed E-state index contributed by atoms with van der Waals surface area (Å²) in [4.78, 5) is 18.6. The first-order valence-electron chi connectivity index (χ1n) is 8.07. The van der Waals surface area contributed by atoms with Crippen molar-refractivity contribution in [3.8, 4) is 5.75 Å². The summed E-state index contributed by atoms with van der Waals surface area (Å²) in [6.07, 6.45) is -7.59. The number of hydrogen-bond acceptors (Lipinski definition) is 5. The zero-order valence-corrected chi connectivity index (χ0v) is 14.7. The zero-order valence-electron chi connectivity index (χ0n) is 14.7. The predicted molar refractivity (Wildman–Crippen MR) is 89.4 cm³/mol. The molecule has 30 heavy (non-hydrogen) atoms. The minimum Gasteiger partial charge on any atom is -0.508 e. The second-order valence-electron chi connectivity index (χ2n) is 5.95. The van der Waals surface area contributed by atoms with Crippen molar-refractivity contribution in [1.29, 1.82) is 0 Å². The van der Waals surface area contributed by atoms with Crippen molar-refractivity contribution in [1.82, 2.24) is 19.7 Å². The molecule has 1 amide bonds. The van der Waals surface area contributed by atoms with Crippen LogP contribution in [0.1, 0.15) is 27.6 Å². The number of aromatic hydroxyl groups is 1. The van der Waals surface area contributed by atoms with E-state index in [0.717, 1.165) is 12.1 Å². The maximum absolute atomic E-state index is 13.1. The molecular formula is C17H11F6N5O2. The number of anilines is 1. The third-order valence-electron chi connectivity index (χ3n) is 3.76. The lowest BCUT2D eigenvalue weighted by atomic mass is 10.1. The third-order valence-corrected chi connectivity index (χ3v) is 3.76. The van der Waals surface area contributed by atoms with Crippen molar-refractivity contribution < 1.29 is 36.2 Å². The average Bonchev–Trinajstić information content (AvgIpc) is 3.09. The van der Waals surface area contributed by atoms with Gasteiger partial charge < -0.3 is 10.4 Å². The van der Waals surface area contributed by atoms with Gasteiger partial charge in [-0.1, -0.05) is 0 Å². The SMILES string of the molecule is O=C(Nc1cccnc1)c1ccc(O)c(Cn2nc(C(F)(F)F)nc2C(F)(F)F)c1. The highest BCUT2D eigenvalue weighted by molar-refractivity contribution is 6.04. The highest BCUT2D eigenvalue weighted by Gasteiger charge is 2.44. The summed E-state index contributed by atoms with van der Waals surface area (Å²) in [7, 11) is 0. The lowest BCUT2D eigenvalue weighted by Crippen LogP contribution is -2.17. The molecule has 0 bridgehead atoms. The molecule has 158 valence electrons. The molecule has 0 aliphatic rings. The molecule has 0 saturated carbocycles. The van der Waals surface area contributed by atoms with E-state index in [1.807, 2.05) is 0 Å². The van der Waals surface area contributed by atoms with Crippen molar-refractivity contribution in [2.75, 3.05) is 5.32 Å². The van der Waals surface area contributed by atoms with E-state index >= 15 is 0 Å². The molecule has 13 heteroatoms. The molecule has 0 spiro atoms. The van der Waals surface area contributed by atoms with Gasteiger partial charge in [0.2, 0.25) is 5.82 Å². The first kappa shape index (κ1) is 21.1. The van der Waals surface area contributed by atoms with Crippen LogP contribution in [-0.4, -0.2) is 30.8 Å². The van der Waals surface area contributed by atoms with E-state index in [2.05, 4.69) is 20.4 Å². The number of nitrogens with zero attached hydrogens (tertiary/aromatic N) is 4. The Balaban J connectivity index is 1.93. The number of nitrogens with one attached hydrogen (secondary N) is 1. The van der Waals surface area contributed by atoms with Crippen LogP contribution < -0.4 is 5.32 Å². The highest BCUT2D eigenvalue weighted by atomic mass is 19.4. The molecule has 0 aliphatic heterocycles. The van der Waals surface area contributed by atoms with E-state index in [4.69, 9.17) is 0 Å². The molecule has 3 rings (SSSR count). The number of carbonyl (C=O) groups is 1. The molecule has 7 nitrogen and oxygen atoms in total. The smallest absolute Gasteiger partial charge is 0.453 e. The number of aromatic nitrogens is 4. The van der Waals surface area contributed by atoms with E-state index in [1.165, 1.54) is 24.5 Å². The maximum atomic E-state index is 13.1. The van der Waals surface area contributed by atoms with Crippen LogP contribution in [0.15, 0.2) is 42.7 Å². The predicted octanol–water partition coefficient (Wildman–Crippen LogP) is 3.72. The number of rotatable bonds is 4. The Morgan fingerprint density at radius 3 is 2.43 bits per heavy atom. The van der Waals surface area contributed by atoms with Gasteiger partial charge in [0.1, 0.15) is 5.75 Å². The van der Waals surface area contributed by atoms with Gasteiger partial charge in [-0.25, -0.2) is 4.68 Å². The molecular weight excluding hydrogens is 420 g/mol. The quantitative estimate of drug-likeness (QED) is 0.615. The van der Waals surface area contributed by atoms with Crippen LogP contribution in [0.25, 0.3) is 0 Å². The van der Waals surface area contributed by atoms with E-state index in [-0.39, 0.29) is 15.8 Å². The van der Waals surface area contributed by atoms with Crippen LogP contribution in [0.2, 0.25) is 0 Å². The van der Waals surface area contributed by atoms with Gasteiger partial charge >= 0.3 is 12.4 Å². The second-order valence-corrected chi connectivity index (χ2v) is 5.95. The standard InChI is InChI=1S/C17H11F6N5O2/c18-16(19,20)14-26-15(17(21,22)23)28(27-14)8-10-6-9(3-4-12(10)29)13(30)25-11-2-1-5-24-7-11/h1-7,29H,8H2,(H,25,30). The molecule has 1 aromatic carbocycles. The van der Waals surface area contributed by atoms with E-state index in [1.54, 1.807) is 6.07 Å². The maximum Gasteiger partial charge on any atom is 0.453 e. The fourth-order valence-corrected chi connectivity index (χ4v) is 2.44. The van der Waals surface area contributed by atoms with Crippen LogP contribution in [0, 0.1) is 0 Å². The summed E-state index contributed by atoms with van der Waals surface area (Å²) in [5.74, 6) is -5.07. The molecule has 0 saturated heterocycles.